The highest BCUT2D eigenvalue weighted by molar-refractivity contribution is 5.85. The number of likely N-dealkylation sites (tertiary alicyclic amines) is 1. The summed E-state index contributed by atoms with van der Waals surface area (Å²) in [5.74, 6) is 0.912. The maximum absolute atomic E-state index is 13.9. The zero-order valence-electron chi connectivity index (χ0n) is 30.0. The van der Waals surface area contributed by atoms with Crippen LogP contribution in [0.25, 0.3) is 10.9 Å². The molecule has 0 radical (unpaired) electrons. The number of aromatic nitrogens is 3. The summed E-state index contributed by atoms with van der Waals surface area (Å²) in [4.78, 5) is 37.0. The van der Waals surface area contributed by atoms with E-state index in [-0.39, 0.29) is 36.6 Å². The van der Waals surface area contributed by atoms with Gasteiger partial charge in [-0.15, -0.1) is 0 Å². The largest absolute Gasteiger partial charge is 0.416 e. The quantitative estimate of drug-likeness (QED) is 0.187. The van der Waals surface area contributed by atoms with Gasteiger partial charge in [0.15, 0.2) is 0 Å². The summed E-state index contributed by atoms with van der Waals surface area (Å²) in [6.45, 7) is 8.26. The van der Waals surface area contributed by atoms with E-state index in [2.05, 4.69) is 19.8 Å². The lowest BCUT2D eigenvalue weighted by molar-refractivity contribution is -0.143. The number of rotatable bonds is 9. The van der Waals surface area contributed by atoms with Crippen LogP contribution in [-0.4, -0.2) is 103 Å². The maximum atomic E-state index is 13.9. The Morgan fingerprint density at radius 1 is 0.796 bits per heavy atom. The predicted octanol–water partition coefficient (Wildman–Crippen LogP) is 6.16. The van der Waals surface area contributed by atoms with Crippen molar-refractivity contribution in [2.75, 3.05) is 86.8 Å². The van der Waals surface area contributed by atoms with Gasteiger partial charge in [-0.25, -0.2) is 15.0 Å². The van der Waals surface area contributed by atoms with Crippen LogP contribution >= 0.6 is 0 Å². The number of pyridine rings is 1. The Bertz CT molecular complexity index is 1910. The SMILES string of the molecule is Cc1cccc2cc(CN(Cc3cc(C(F)(F)F)cc(C(F)(F)F)c3)c3ncc(N4CCOCC4)cn3)c(N3CCN(CC(=O)N4CCCC4)CC3)nc12. The van der Waals surface area contributed by atoms with Crippen LogP contribution in [0.2, 0.25) is 0 Å². The van der Waals surface area contributed by atoms with E-state index in [4.69, 9.17) is 9.72 Å². The van der Waals surface area contributed by atoms with Crippen LogP contribution in [0, 0.1) is 6.92 Å². The van der Waals surface area contributed by atoms with Gasteiger partial charge in [-0.1, -0.05) is 18.2 Å². The molecule has 288 valence electrons. The Balaban J connectivity index is 1.23. The number of alkyl halides is 6. The van der Waals surface area contributed by atoms with Gasteiger partial charge in [-0.05, 0) is 55.2 Å². The highest BCUT2D eigenvalue weighted by Crippen LogP contribution is 2.37. The van der Waals surface area contributed by atoms with E-state index in [9.17, 15) is 31.1 Å². The van der Waals surface area contributed by atoms with Gasteiger partial charge in [0.1, 0.15) is 5.82 Å². The van der Waals surface area contributed by atoms with Crippen molar-refractivity contribution in [2.24, 2.45) is 0 Å². The number of carbonyl (C=O) groups is 1. The van der Waals surface area contributed by atoms with Crippen LogP contribution in [-0.2, 0) is 35.0 Å². The minimum atomic E-state index is -4.99. The molecule has 0 bridgehead atoms. The number of aryl methyl sites for hydroxylation is 1. The summed E-state index contributed by atoms with van der Waals surface area (Å²) < 4.78 is 89.0. The van der Waals surface area contributed by atoms with E-state index in [1.165, 1.54) is 0 Å². The van der Waals surface area contributed by atoms with Gasteiger partial charge in [0.2, 0.25) is 11.9 Å². The fourth-order valence-electron chi connectivity index (χ4n) is 7.34. The first-order chi connectivity index (χ1) is 25.8. The maximum Gasteiger partial charge on any atom is 0.416 e. The van der Waals surface area contributed by atoms with Crippen molar-refractivity contribution >= 4 is 34.3 Å². The predicted molar refractivity (Wildman–Crippen MR) is 192 cm³/mol. The second-order valence-electron chi connectivity index (χ2n) is 14.1. The molecule has 0 unspecified atom stereocenters. The van der Waals surface area contributed by atoms with Gasteiger partial charge in [-0.2, -0.15) is 26.3 Å². The molecule has 16 heteroatoms. The Morgan fingerprint density at radius 3 is 2.07 bits per heavy atom. The number of para-hydroxylation sites is 1. The van der Waals surface area contributed by atoms with Crippen LogP contribution in [0.1, 0.15) is 40.7 Å². The zero-order chi connectivity index (χ0) is 38.0. The van der Waals surface area contributed by atoms with Crippen LogP contribution < -0.4 is 14.7 Å². The Kier molecular flexibility index (Phi) is 10.8. The van der Waals surface area contributed by atoms with Crippen molar-refractivity contribution in [2.45, 2.75) is 45.2 Å². The molecule has 1 amide bonds. The number of morpholine rings is 1. The number of hydrogen-bond acceptors (Lipinski definition) is 9. The second kappa shape index (κ2) is 15.6. The summed E-state index contributed by atoms with van der Waals surface area (Å²) in [6.07, 6.45) is -4.73. The van der Waals surface area contributed by atoms with Crippen molar-refractivity contribution in [3.05, 3.63) is 82.7 Å². The molecule has 2 aromatic carbocycles. The van der Waals surface area contributed by atoms with Gasteiger partial charge < -0.3 is 24.3 Å². The van der Waals surface area contributed by atoms with Crippen LogP contribution in [0.3, 0.4) is 0 Å². The van der Waals surface area contributed by atoms with Crippen LogP contribution in [0.15, 0.2) is 54.9 Å². The average molecular weight is 757 g/mol. The molecule has 10 nitrogen and oxygen atoms in total. The summed E-state index contributed by atoms with van der Waals surface area (Å²) in [5.41, 5.74) is 0.205. The summed E-state index contributed by atoms with van der Waals surface area (Å²) in [5, 5.41) is 0.838. The molecule has 3 aliphatic heterocycles. The molecule has 2 aromatic heterocycles. The first-order valence-corrected chi connectivity index (χ1v) is 18.1. The van der Waals surface area contributed by atoms with E-state index >= 15 is 0 Å². The summed E-state index contributed by atoms with van der Waals surface area (Å²) in [7, 11) is 0. The molecule has 3 aliphatic rings. The van der Waals surface area contributed by atoms with Gasteiger partial charge in [-0.3, -0.25) is 9.69 Å². The number of hydrogen-bond donors (Lipinski definition) is 0. The lowest BCUT2D eigenvalue weighted by Crippen LogP contribution is -2.50. The van der Waals surface area contributed by atoms with Crippen molar-refractivity contribution in [1.82, 2.24) is 24.8 Å². The third-order valence-corrected chi connectivity index (χ3v) is 10.3. The van der Waals surface area contributed by atoms with E-state index < -0.39 is 23.5 Å². The highest BCUT2D eigenvalue weighted by Gasteiger charge is 2.37. The normalized spacial score (nSPS) is 17.4. The molecule has 54 heavy (non-hydrogen) atoms. The van der Waals surface area contributed by atoms with Crippen molar-refractivity contribution in [3.63, 3.8) is 0 Å². The number of amides is 1. The fourth-order valence-corrected chi connectivity index (χ4v) is 7.34. The van der Waals surface area contributed by atoms with Crippen molar-refractivity contribution in [3.8, 4) is 0 Å². The first-order valence-electron chi connectivity index (χ1n) is 18.1. The molecular weight excluding hydrogens is 714 g/mol. The number of benzene rings is 2. The van der Waals surface area contributed by atoms with E-state index in [1.54, 1.807) is 17.3 Å². The molecule has 4 aromatic rings. The third kappa shape index (κ3) is 8.65. The molecule has 0 atom stereocenters. The van der Waals surface area contributed by atoms with Gasteiger partial charge in [0.05, 0.1) is 54.5 Å². The van der Waals surface area contributed by atoms with Gasteiger partial charge >= 0.3 is 12.4 Å². The Hall–Kier alpha value is -4.70. The summed E-state index contributed by atoms with van der Waals surface area (Å²) >= 11 is 0. The molecule has 3 saturated heterocycles. The third-order valence-electron chi connectivity index (χ3n) is 10.3. The Labute approximate surface area is 309 Å². The van der Waals surface area contributed by atoms with Crippen LogP contribution in [0.4, 0.5) is 43.8 Å². The number of nitrogens with zero attached hydrogens (tertiary/aromatic N) is 8. The van der Waals surface area contributed by atoms with E-state index in [0.717, 1.165) is 60.2 Å². The molecule has 3 fully saturated rings. The molecule has 5 heterocycles. The smallest absolute Gasteiger partial charge is 0.378 e. The number of halogens is 6. The zero-order valence-corrected chi connectivity index (χ0v) is 30.0. The number of carbonyl (C=O) groups excluding carboxylic acids is 1. The highest BCUT2D eigenvalue weighted by atomic mass is 19.4. The second-order valence-corrected chi connectivity index (χ2v) is 14.1. The number of fused-ring (bicyclic) bond motifs is 1. The van der Waals surface area contributed by atoms with Gasteiger partial charge in [0, 0.05) is 76.4 Å². The molecular formula is C38H42F6N8O2. The first kappa shape index (κ1) is 37.6. The monoisotopic (exact) mass is 756 g/mol. The summed E-state index contributed by atoms with van der Waals surface area (Å²) in [6, 6.07) is 9.38. The molecule has 7 rings (SSSR count). The molecule has 0 aliphatic carbocycles. The fraction of sp³-hybridized carbons (Fsp3) is 0.474. The lowest BCUT2D eigenvalue weighted by Gasteiger charge is -2.37. The number of piperazine rings is 1. The molecule has 0 saturated carbocycles. The Morgan fingerprint density at radius 2 is 1.44 bits per heavy atom. The number of ether oxygens (including phenoxy) is 1. The van der Waals surface area contributed by atoms with Gasteiger partial charge in [0.25, 0.3) is 0 Å². The minimum Gasteiger partial charge on any atom is -0.378 e. The average Bonchev–Trinajstić information content (AvgIpc) is 3.70. The van der Waals surface area contributed by atoms with Crippen LogP contribution in [0.5, 0.6) is 0 Å². The van der Waals surface area contributed by atoms with E-state index in [1.807, 2.05) is 41.0 Å². The minimum absolute atomic E-state index is 0.0361. The number of anilines is 3. The topological polar surface area (TPSA) is 81.2 Å². The van der Waals surface area contributed by atoms with Crippen molar-refractivity contribution in [1.29, 1.82) is 0 Å². The lowest BCUT2D eigenvalue weighted by atomic mass is 10.0. The standard InChI is InChI=1S/C38H42F6N8O2/c1-26-5-4-6-28-19-29(35(47-34(26)28)51-11-9-48(10-12-51)25-33(53)50-7-2-3-8-50)24-52(36-45-21-32(22-46-36)49-13-15-54-16-14-49)23-27-17-30(37(39,40)41)20-31(18-27)38(42,43)44/h4-6,17-22H,2-3,7-16,23-25H2,1H3. The van der Waals surface area contributed by atoms with Crippen molar-refractivity contribution < 1.29 is 35.9 Å². The molecule has 0 N–H and O–H groups in total. The molecule has 0 spiro atoms. The van der Waals surface area contributed by atoms with E-state index in [0.29, 0.717) is 70.4 Å².